The first kappa shape index (κ1) is 14.0. The standard InChI is InChI=1S/C13H16N2O3/c1-13(2,17)9-15(3)12(16)10(8-14)7-11-5-4-6-18-11/h4-7,17H,9H2,1-3H3/b10-7+. The van der Waals surface area contributed by atoms with E-state index in [2.05, 4.69) is 0 Å². The molecule has 5 nitrogen and oxygen atoms in total. The van der Waals surface area contributed by atoms with E-state index in [1.54, 1.807) is 26.0 Å². The summed E-state index contributed by atoms with van der Waals surface area (Å²) in [6.07, 6.45) is 2.84. The third kappa shape index (κ3) is 4.07. The van der Waals surface area contributed by atoms with Gasteiger partial charge >= 0.3 is 0 Å². The number of carbonyl (C=O) groups excluding carboxylic acids is 1. The SMILES string of the molecule is CN(CC(C)(C)O)C(=O)/C(C#N)=C/c1ccco1. The van der Waals surface area contributed by atoms with Crippen molar-refractivity contribution >= 4 is 12.0 Å². The van der Waals surface area contributed by atoms with E-state index in [9.17, 15) is 9.90 Å². The maximum Gasteiger partial charge on any atom is 0.264 e. The Morgan fingerprint density at radius 3 is 2.78 bits per heavy atom. The Kier molecular flexibility index (Phi) is 4.29. The van der Waals surface area contributed by atoms with Gasteiger partial charge in [-0.1, -0.05) is 0 Å². The largest absolute Gasteiger partial charge is 0.465 e. The molecule has 0 aliphatic heterocycles. The van der Waals surface area contributed by atoms with E-state index in [1.165, 1.54) is 24.3 Å². The van der Waals surface area contributed by atoms with E-state index in [1.807, 2.05) is 6.07 Å². The lowest BCUT2D eigenvalue weighted by atomic mass is 10.1. The minimum absolute atomic E-state index is 0.0308. The van der Waals surface area contributed by atoms with Crippen LogP contribution in [-0.2, 0) is 4.79 Å². The van der Waals surface area contributed by atoms with Gasteiger partial charge in [-0.15, -0.1) is 0 Å². The third-order valence-corrected chi connectivity index (χ3v) is 2.15. The highest BCUT2D eigenvalue weighted by atomic mass is 16.3. The minimum atomic E-state index is -1.00. The monoisotopic (exact) mass is 248 g/mol. The van der Waals surface area contributed by atoms with Crippen LogP contribution in [-0.4, -0.2) is 35.1 Å². The van der Waals surface area contributed by atoms with Crippen LogP contribution >= 0.6 is 0 Å². The summed E-state index contributed by atoms with van der Waals surface area (Å²) in [5, 5.41) is 18.6. The molecule has 1 rings (SSSR count). The lowest BCUT2D eigenvalue weighted by molar-refractivity contribution is -0.128. The first-order valence-electron chi connectivity index (χ1n) is 5.46. The van der Waals surface area contributed by atoms with Crippen molar-refractivity contribution in [1.82, 2.24) is 4.90 Å². The zero-order chi connectivity index (χ0) is 13.8. The number of hydrogen-bond acceptors (Lipinski definition) is 4. The van der Waals surface area contributed by atoms with Crippen LogP contribution in [0, 0.1) is 11.3 Å². The Bertz CT molecular complexity index is 475. The summed E-state index contributed by atoms with van der Waals surface area (Å²) in [6.45, 7) is 3.33. The number of nitrogens with zero attached hydrogens (tertiary/aromatic N) is 2. The van der Waals surface area contributed by atoms with Crippen molar-refractivity contribution in [2.75, 3.05) is 13.6 Å². The first-order chi connectivity index (χ1) is 8.33. The van der Waals surface area contributed by atoms with Crippen molar-refractivity contribution in [3.05, 3.63) is 29.7 Å². The highest BCUT2D eigenvalue weighted by Crippen LogP contribution is 2.11. The summed E-state index contributed by atoms with van der Waals surface area (Å²) in [5.41, 5.74) is -1.04. The van der Waals surface area contributed by atoms with Gasteiger partial charge in [-0.05, 0) is 26.0 Å². The molecule has 0 saturated carbocycles. The molecule has 0 spiro atoms. The molecule has 1 N–H and O–H groups in total. The number of carbonyl (C=O) groups is 1. The molecule has 1 aromatic rings. The highest BCUT2D eigenvalue weighted by molar-refractivity contribution is 6.01. The first-order valence-corrected chi connectivity index (χ1v) is 5.46. The van der Waals surface area contributed by atoms with Gasteiger partial charge in [0.05, 0.1) is 11.9 Å². The van der Waals surface area contributed by atoms with Gasteiger partial charge in [0.1, 0.15) is 17.4 Å². The van der Waals surface area contributed by atoms with Gasteiger partial charge in [-0.2, -0.15) is 5.26 Å². The lowest BCUT2D eigenvalue weighted by Crippen LogP contribution is -2.40. The van der Waals surface area contributed by atoms with E-state index < -0.39 is 11.5 Å². The van der Waals surface area contributed by atoms with Crippen LogP contribution in [0.3, 0.4) is 0 Å². The Morgan fingerprint density at radius 1 is 1.67 bits per heavy atom. The van der Waals surface area contributed by atoms with Gasteiger partial charge < -0.3 is 14.4 Å². The molecule has 1 heterocycles. The van der Waals surface area contributed by atoms with Crippen LogP contribution in [0.5, 0.6) is 0 Å². The zero-order valence-electron chi connectivity index (χ0n) is 10.7. The number of likely N-dealkylation sites (N-methyl/N-ethyl adjacent to an activating group) is 1. The van der Waals surface area contributed by atoms with Crippen LogP contribution in [0.4, 0.5) is 0 Å². The molecule has 0 fully saturated rings. The molecule has 0 unspecified atom stereocenters. The quantitative estimate of drug-likeness (QED) is 0.645. The van der Waals surface area contributed by atoms with Gasteiger partial charge in [0.25, 0.3) is 5.91 Å². The molecule has 0 saturated heterocycles. The number of hydrogen-bond donors (Lipinski definition) is 1. The molecule has 96 valence electrons. The van der Waals surface area contributed by atoms with Gasteiger partial charge in [0.2, 0.25) is 0 Å². The second-order valence-corrected chi connectivity index (χ2v) is 4.66. The smallest absolute Gasteiger partial charge is 0.264 e. The molecule has 5 heteroatoms. The van der Waals surface area contributed by atoms with Crippen molar-refractivity contribution in [3.63, 3.8) is 0 Å². The summed E-state index contributed by atoms with van der Waals surface area (Å²) in [4.78, 5) is 13.3. The fraction of sp³-hybridized carbons (Fsp3) is 0.385. The van der Waals surface area contributed by atoms with Crippen molar-refractivity contribution in [2.24, 2.45) is 0 Å². The summed E-state index contributed by atoms with van der Waals surface area (Å²) in [6, 6.07) is 5.16. The van der Waals surface area contributed by atoms with E-state index in [0.29, 0.717) is 5.76 Å². The molecule has 0 radical (unpaired) electrons. The van der Waals surface area contributed by atoms with Gasteiger partial charge in [-0.3, -0.25) is 4.79 Å². The molecule has 0 atom stereocenters. The van der Waals surface area contributed by atoms with Crippen LogP contribution in [0.2, 0.25) is 0 Å². The maximum absolute atomic E-state index is 12.0. The van der Waals surface area contributed by atoms with Crippen molar-refractivity contribution in [1.29, 1.82) is 5.26 Å². The summed E-state index contributed by atoms with van der Waals surface area (Å²) >= 11 is 0. The fourth-order valence-electron chi connectivity index (χ4n) is 1.52. The van der Waals surface area contributed by atoms with Crippen LogP contribution in [0.15, 0.2) is 28.4 Å². The predicted octanol–water partition coefficient (Wildman–Crippen LogP) is 1.42. The lowest BCUT2D eigenvalue weighted by Gasteiger charge is -2.25. The summed E-state index contributed by atoms with van der Waals surface area (Å²) in [7, 11) is 1.54. The average Bonchev–Trinajstić information content (AvgIpc) is 2.75. The number of furan rings is 1. The van der Waals surface area contributed by atoms with Crippen molar-refractivity contribution in [2.45, 2.75) is 19.4 Å². The Morgan fingerprint density at radius 2 is 2.33 bits per heavy atom. The Labute approximate surface area is 106 Å². The number of aliphatic hydroxyl groups is 1. The molecule has 1 amide bonds. The Hall–Kier alpha value is -2.06. The van der Waals surface area contributed by atoms with Gasteiger partial charge in [0, 0.05) is 19.7 Å². The fourth-order valence-corrected chi connectivity index (χ4v) is 1.52. The average molecular weight is 248 g/mol. The van der Waals surface area contributed by atoms with E-state index in [4.69, 9.17) is 9.68 Å². The molecule has 1 aromatic heterocycles. The van der Waals surface area contributed by atoms with Crippen LogP contribution < -0.4 is 0 Å². The number of rotatable bonds is 4. The van der Waals surface area contributed by atoms with Crippen LogP contribution in [0.25, 0.3) is 6.08 Å². The highest BCUT2D eigenvalue weighted by Gasteiger charge is 2.21. The topological polar surface area (TPSA) is 77.5 Å². The van der Waals surface area contributed by atoms with Crippen molar-refractivity contribution < 1.29 is 14.3 Å². The summed E-state index contributed by atoms with van der Waals surface area (Å²) in [5.74, 6) is -0.00687. The van der Waals surface area contributed by atoms with Crippen molar-refractivity contribution in [3.8, 4) is 6.07 Å². The second-order valence-electron chi connectivity index (χ2n) is 4.66. The third-order valence-electron chi connectivity index (χ3n) is 2.15. The molecule has 0 aliphatic rings. The second kappa shape index (κ2) is 5.52. The summed E-state index contributed by atoms with van der Waals surface area (Å²) < 4.78 is 5.05. The molecule has 0 aromatic carbocycles. The molecule has 0 bridgehead atoms. The van der Waals surface area contributed by atoms with Crippen LogP contribution in [0.1, 0.15) is 19.6 Å². The maximum atomic E-state index is 12.0. The van der Waals surface area contributed by atoms with E-state index in [0.717, 1.165) is 0 Å². The van der Waals surface area contributed by atoms with E-state index in [-0.39, 0.29) is 12.1 Å². The van der Waals surface area contributed by atoms with Gasteiger partial charge in [0.15, 0.2) is 0 Å². The molecular weight excluding hydrogens is 232 g/mol. The molecule has 18 heavy (non-hydrogen) atoms. The zero-order valence-corrected chi connectivity index (χ0v) is 10.7. The number of amides is 1. The normalized spacial score (nSPS) is 12.1. The predicted molar refractivity (Wildman–Crippen MR) is 66.2 cm³/mol. The molecular formula is C13H16N2O3. The Balaban J connectivity index is 2.84. The minimum Gasteiger partial charge on any atom is -0.465 e. The molecule has 0 aliphatic carbocycles. The van der Waals surface area contributed by atoms with Gasteiger partial charge in [-0.25, -0.2) is 0 Å². The van der Waals surface area contributed by atoms with E-state index >= 15 is 0 Å². The number of nitriles is 1.